The Bertz CT molecular complexity index is 501. The highest BCUT2D eigenvalue weighted by Gasteiger charge is 2.16. The summed E-state index contributed by atoms with van der Waals surface area (Å²) < 4.78 is 0. The Morgan fingerprint density at radius 3 is 3.10 bits per heavy atom. The molecule has 0 unspecified atom stereocenters. The summed E-state index contributed by atoms with van der Waals surface area (Å²) in [7, 11) is 1.76. The molecule has 0 aliphatic carbocycles. The molecule has 0 atom stereocenters. The predicted octanol–water partition coefficient (Wildman–Crippen LogP) is 0.816. The Labute approximate surface area is 119 Å². The molecule has 20 heavy (non-hydrogen) atoms. The van der Waals surface area contributed by atoms with Crippen LogP contribution in [0.25, 0.3) is 0 Å². The molecule has 0 radical (unpaired) electrons. The van der Waals surface area contributed by atoms with E-state index in [1.165, 1.54) is 0 Å². The number of carbonyl (C=O) groups is 1. The van der Waals surface area contributed by atoms with Gasteiger partial charge in [0.1, 0.15) is 0 Å². The van der Waals surface area contributed by atoms with Crippen molar-refractivity contribution in [1.29, 1.82) is 5.26 Å². The van der Waals surface area contributed by atoms with E-state index in [-0.39, 0.29) is 5.91 Å². The second kappa shape index (κ2) is 7.04. The minimum Gasteiger partial charge on any atom is -0.315 e. The van der Waals surface area contributed by atoms with Gasteiger partial charge in [0.2, 0.25) is 5.91 Å². The van der Waals surface area contributed by atoms with E-state index >= 15 is 0 Å². The number of hydrogen-bond acceptors (Lipinski definition) is 4. The maximum Gasteiger partial charge on any atom is 0.240 e. The lowest BCUT2D eigenvalue weighted by Crippen LogP contribution is -2.40. The topological polar surface area (TPSA) is 59.4 Å². The van der Waals surface area contributed by atoms with Gasteiger partial charge in [-0.05, 0) is 37.7 Å². The monoisotopic (exact) mass is 272 g/mol. The number of likely N-dealkylation sites (N-methyl/N-ethyl adjacent to an activating group) is 1. The zero-order valence-corrected chi connectivity index (χ0v) is 11.8. The maximum absolute atomic E-state index is 12.3. The van der Waals surface area contributed by atoms with E-state index in [9.17, 15) is 4.79 Å². The molecule has 2 rings (SSSR count). The largest absolute Gasteiger partial charge is 0.315 e. The highest BCUT2D eigenvalue weighted by atomic mass is 16.2. The maximum atomic E-state index is 12.3. The minimum atomic E-state index is 0.0574. The first kappa shape index (κ1) is 14.5. The molecule has 0 saturated carbocycles. The number of amides is 1. The second-order valence-electron chi connectivity index (χ2n) is 4.99. The first-order valence-corrected chi connectivity index (χ1v) is 6.90. The van der Waals surface area contributed by atoms with Crippen LogP contribution in [0.1, 0.15) is 12.0 Å². The summed E-state index contributed by atoms with van der Waals surface area (Å²) in [6.07, 6.45) is 1.07. The van der Waals surface area contributed by atoms with Crippen LogP contribution in [-0.2, 0) is 4.79 Å². The van der Waals surface area contributed by atoms with E-state index in [1.54, 1.807) is 30.1 Å². The molecule has 0 bridgehead atoms. The number of carbonyl (C=O) groups excluding carboxylic acids is 1. The van der Waals surface area contributed by atoms with Crippen LogP contribution in [0.15, 0.2) is 24.3 Å². The molecular weight excluding hydrogens is 252 g/mol. The molecule has 1 amide bonds. The van der Waals surface area contributed by atoms with Crippen molar-refractivity contribution in [3.05, 3.63) is 29.8 Å². The first-order chi connectivity index (χ1) is 9.70. The summed E-state index contributed by atoms with van der Waals surface area (Å²) in [6, 6.07) is 9.22. The number of nitrogens with zero attached hydrogens (tertiary/aromatic N) is 3. The molecule has 1 fully saturated rings. The van der Waals surface area contributed by atoms with Gasteiger partial charge in [-0.3, -0.25) is 9.69 Å². The number of nitriles is 1. The van der Waals surface area contributed by atoms with Gasteiger partial charge in [-0.25, -0.2) is 0 Å². The third kappa shape index (κ3) is 3.80. The highest BCUT2D eigenvalue weighted by Crippen LogP contribution is 2.14. The van der Waals surface area contributed by atoms with E-state index in [1.807, 2.05) is 6.07 Å². The fraction of sp³-hybridized carbons (Fsp3) is 0.467. The van der Waals surface area contributed by atoms with Crippen LogP contribution in [0.3, 0.4) is 0 Å². The molecule has 1 heterocycles. The molecule has 1 aliphatic heterocycles. The number of benzene rings is 1. The van der Waals surface area contributed by atoms with Gasteiger partial charge in [0.05, 0.1) is 18.2 Å². The molecule has 0 spiro atoms. The fourth-order valence-corrected chi connectivity index (χ4v) is 2.29. The van der Waals surface area contributed by atoms with Crippen molar-refractivity contribution in [2.75, 3.05) is 44.7 Å². The van der Waals surface area contributed by atoms with Gasteiger partial charge in [-0.15, -0.1) is 0 Å². The van der Waals surface area contributed by atoms with Crippen LogP contribution in [0.5, 0.6) is 0 Å². The minimum absolute atomic E-state index is 0.0574. The van der Waals surface area contributed by atoms with E-state index < -0.39 is 0 Å². The van der Waals surface area contributed by atoms with Gasteiger partial charge in [-0.2, -0.15) is 5.26 Å². The van der Waals surface area contributed by atoms with Crippen molar-refractivity contribution in [2.45, 2.75) is 6.42 Å². The number of rotatable bonds is 3. The molecule has 1 saturated heterocycles. The van der Waals surface area contributed by atoms with Crippen LogP contribution < -0.4 is 10.2 Å². The van der Waals surface area contributed by atoms with Crippen LogP contribution in [-0.4, -0.2) is 50.6 Å². The Kier molecular flexibility index (Phi) is 5.10. The predicted molar refractivity (Wildman–Crippen MR) is 78.5 cm³/mol. The highest BCUT2D eigenvalue weighted by molar-refractivity contribution is 5.94. The van der Waals surface area contributed by atoms with Gasteiger partial charge in [-0.1, -0.05) is 6.07 Å². The molecule has 0 aromatic heterocycles. The number of nitrogens with one attached hydrogen (secondary N) is 1. The summed E-state index contributed by atoms with van der Waals surface area (Å²) in [5.41, 5.74) is 1.34. The molecule has 106 valence electrons. The quantitative estimate of drug-likeness (QED) is 0.885. The lowest BCUT2D eigenvalue weighted by atomic mass is 10.2. The Morgan fingerprint density at radius 1 is 1.45 bits per heavy atom. The van der Waals surface area contributed by atoms with Gasteiger partial charge in [0.15, 0.2) is 0 Å². The van der Waals surface area contributed by atoms with Crippen LogP contribution in [0.2, 0.25) is 0 Å². The summed E-state index contributed by atoms with van der Waals surface area (Å²) in [6.45, 7) is 4.23. The van der Waals surface area contributed by atoms with E-state index in [2.05, 4.69) is 16.3 Å². The van der Waals surface area contributed by atoms with Crippen molar-refractivity contribution in [1.82, 2.24) is 10.2 Å². The molecule has 5 heteroatoms. The van der Waals surface area contributed by atoms with Gasteiger partial charge >= 0.3 is 0 Å². The molecule has 5 nitrogen and oxygen atoms in total. The van der Waals surface area contributed by atoms with Crippen molar-refractivity contribution in [3.8, 4) is 6.07 Å². The van der Waals surface area contributed by atoms with E-state index in [0.29, 0.717) is 12.1 Å². The van der Waals surface area contributed by atoms with E-state index in [0.717, 1.165) is 38.3 Å². The van der Waals surface area contributed by atoms with Crippen molar-refractivity contribution in [2.24, 2.45) is 0 Å². The second-order valence-corrected chi connectivity index (χ2v) is 4.99. The zero-order chi connectivity index (χ0) is 14.4. The number of hydrogen-bond donors (Lipinski definition) is 1. The van der Waals surface area contributed by atoms with Crippen molar-refractivity contribution in [3.63, 3.8) is 0 Å². The average molecular weight is 272 g/mol. The smallest absolute Gasteiger partial charge is 0.240 e. The molecule has 1 aromatic carbocycles. The van der Waals surface area contributed by atoms with Crippen LogP contribution in [0.4, 0.5) is 5.69 Å². The zero-order valence-electron chi connectivity index (χ0n) is 11.8. The van der Waals surface area contributed by atoms with Crippen LogP contribution >= 0.6 is 0 Å². The molecule has 1 aliphatic rings. The summed E-state index contributed by atoms with van der Waals surface area (Å²) in [5.74, 6) is 0.0574. The van der Waals surface area contributed by atoms with Gasteiger partial charge < -0.3 is 10.2 Å². The van der Waals surface area contributed by atoms with Gasteiger partial charge in [0.25, 0.3) is 0 Å². The lowest BCUT2D eigenvalue weighted by Gasteiger charge is -2.23. The SMILES string of the molecule is CN(C(=O)CN1CCCNCC1)c1cccc(C#N)c1. The molecule has 1 N–H and O–H groups in total. The summed E-state index contributed by atoms with van der Waals surface area (Å²) in [5, 5.41) is 12.2. The lowest BCUT2D eigenvalue weighted by molar-refractivity contribution is -0.119. The van der Waals surface area contributed by atoms with E-state index in [4.69, 9.17) is 5.26 Å². The molecular formula is C15H20N4O. The Morgan fingerprint density at radius 2 is 2.30 bits per heavy atom. The van der Waals surface area contributed by atoms with Crippen LogP contribution in [0, 0.1) is 11.3 Å². The van der Waals surface area contributed by atoms with Gasteiger partial charge in [0, 0.05) is 25.8 Å². The first-order valence-electron chi connectivity index (χ1n) is 6.90. The third-order valence-electron chi connectivity index (χ3n) is 3.53. The summed E-state index contributed by atoms with van der Waals surface area (Å²) in [4.78, 5) is 16.1. The average Bonchev–Trinajstić information content (AvgIpc) is 2.75. The van der Waals surface area contributed by atoms with Crippen molar-refractivity contribution >= 4 is 11.6 Å². The third-order valence-corrected chi connectivity index (χ3v) is 3.53. The standard InChI is InChI=1S/C15H20N4O/c1-18(14-5-2-4-13(10-14)11-16)15(20)12-19-8-3-6-17-7-9-19/h2,4-5,10,17H,3,6-9,12H2,1H3. The Balaban J connectivity index is 1.98. The summed E-state index contributed by atoms with van der Waals surface area (Å²) >= 11 is 0. The molecule has 1 aromatic rings. The number of anilines is 1. The van der Waals surface area contributed by atoms with Crippen molar-refractivity contribution < 1.29 is 4.79 Å². The fourth-order valence-electron chi connectivity index (χ4n) is 2.29. The normalized spacial score (nSPS) is 16.2. The Hall–Kier alpha value is -1.90.